The molecule has 0 radical (unpaired) electrons. The second kappa shape index (κ2) is 4.98. The maximum atomic E-state index is 5.87. The van der Waals surface area contributed by atoms with E-state index in [1.54, 1.807) is 17.1 Å². The first-order valence-corrected chi connectivity index (χ1v) is 7.53. The Morgan fingerprint density at radius 1 is 1.10 bits per heavy atom. The fourth-order valence-electron chi connectivity index (χ4n) is 2.47. The maximum absolute atomic E-state index is 5.87. The number of hydrogen-bond acceptors (Lipinski definition) is 6. The summed E-state index contributed by atoms with van der Waals surface area (Å²) in [5, 5.41) is 0. The third-order valence-corrected chi connectivity index (χ3v) is 4.00. The van der Waals surface area contributed by atoms with Gasteiger partial charge in [0.2, 0.25) is 17.8 Å². The number of rotatable bonds is 6. The van der Waals surface area contributed by atoms with Crippen LogP contribution in [0.25, 0.3) is 5.95 Å². The first-order chi connectivity index (χ1) is 10.3. The normalized spacial score (nSPS) is 17.9. The van der Waals surface area contributed by atoms with Gasteiger partial charge in [-0.25, -0.2) is 4.98 Å². The van der Waals surface area contributed by atoms with Crippen LogP contribution in [0.15, 0.2) is 18.7 Å². The average Bonchev–Trinajstić information content (AvgIpc) is 3.39. The van der Waals surface area contributed by atoms with E-state index in [-0.39, 0.29) is 5.95 Å². The molecule has 2 aliphatic rings. The lowest BCUT2D eigenvalue weighted by Gasteiger charge is -2.22. The molecule has 0 aliphatic heterocycles. The molecule has 7 heteroatoms. The van der Waals surface area contributed by atoms with Crippen LogP contribution in [0, 0.1) is 11.8 Å². The van der Waals surface area contributed by atoms with Gasteiger partial charge in [0.15, 0.2) is 0 Å². The van der Waals surface area contributed by atoms with Crippen LogP contribution in [-0.2, 0) is 0 Å². The van der Waals surface area contributed by atoms with E-state index in [4.69, 9.17) is 5.73 Å². The number of nitrogens with two attached hydrogens (primary N) is 1. The van der Waals surface area contributed by atoms with E-state index in [0.29, 0.717) is 11.9 Å². The molecule has 2 fully saturated rings. The highest BCUT2D eigenvalue weighted by molar-refractivity contribution is 5.38. The fraction of sp³-hybridized carbons (Fsp3) is 0.571. The Bertz CT molecular complexity index is 602. The second-order valence-corrected chi connectivity index (χ2v) is 6.06. The topological polar surface area (TPSA) is 85.8 Å². The van der Waals surface area contributed by atoms with Crippen LogP contribution in [0.5, 0.6) is 0 Å². The van der Waals surface area contributed by atoms with Gasteiger partial charge in [-0.2, -0.15) is 15.0 Å². The number of aromatic nitrogens is 5. The lowest BCUT2D eigenvalue weighted by atomic mass is 10.3. The van der Waals surface area contributed by atoms with Gasteiger partial charge in [0.05, 0.1) is 0 Å². The van der Waals surface area contributed by atoms with Crippen molar-refractivity contribution in [3.05, 3.63) is 18.7 Å². The molecule has 2 aromatic rings. The predicted octanol–water partition coefficient (Wildman–Crippen LogP) is 1.27. The molecule has 0 bridgehead atoms. The largest absolute Gasteiger partial charge is 0.368 e. The zero-order valence-corrected chi connectivity index (χ0v) is 11.9. The molecule has 7 nitrogen and oxygen atoms in total. The summed E-state index contributed by atoms with van der Waals surface area (Å²) >= 11 is 0. The standard InChI is InChI=1S/C14H19N7/c15-12-17-13(20-6-5-16-9-20)19-14(18-12)21(7-10-1-2-10)8-11-3-4-11/h5-6,9-11H,1-4,7-8H2,(H2,15,17,18,19). The Balaban J connectivity index is 1.64. The number of hydrogen-bond donors (Lipinski definition) is 1. The van der Waals surface area contributed by atoms with Gasteiger partial charge in [-0.05, 0) is 37.5 Å². The van der Waals surface area contributed by atoms with Crippen molar-refractivity contribution in [1.29, 1.82) is 0 Å². The van der Waals surface area contributed by atoms with Crippen LogP contribution >= 0.6 is 0 Å². The van der Waals surface area contributed by atoms with Gasteiger partial charge in [0.25, 0.3) is 0 Å². The van der Waals surface area contributed by atoms with Crippen LogP contribution in [0.1, 0.15) is 25.7 Å². The summed E-state index contributed by atoms with van der Waals surface area (Å²) in [6, 6.07) is 0. The second-order valence-electron chi connectivity index (χ2n) is 6.06. The maximum Gasteiger partial charge on any atom is 0.241 e. The molecule has 110 valence electrons. The van der Waals surface area contributed by atoms with Crippen molar-refractivity contribution in [3.8, 4) is 5.95 Å². The number of nitrogens with zero attached hydrogens (tertiary/aromatic N) is 6. The summed E-state index contributed by atoms with van der Waals surface area (Å²) < 4.78 is 1.76. The Morgan fingerprint density at radius 3 is 2.38 bits per heavy atom. The van der Waals surface area contributed by atoms with Gasteiger partial charge < -0.3 is 10.6 Å². The molecule has 2 heterocycles. The molecule has 2 N–H and O–H groups in total. The quantitative estimate of drug-likeness (QED) is 0.860. The highest BCUT2D eigenvalue weighted by atomic mass is 15.3. The SMILES string of the molecule is Nc1nc(N(CC2CC2)CC2CC2)nc(-n2ccnc2)n1. The highest BCUT2D eigenvalue weighted by Crippen LogP contribution is 2.35. The average molecular weight is 285 g/mol. The summed E-state index contributed by atoms with van der Waals surface area (Å²) in [6.07, 6.45) is 10.4. The summed E-state index contributed by atoms with van der Waals surface area (Å²) in [5.41, 5.74) is 5.87. The summed E-state index contributed by atoms with van der Waals surface area (Å²) in [6.45, 7) is 2.06. The Morgan fingerprint density at radius 2 is 1.81 bits per heavy atom. The third-order valence-electron chi connectivity index (χ3n) is 4.00. The molecule has 0 atom stereocenters. The van der Waals surface area contributed by atoms with E-state index >= 15 is 0 Å². The van der Waals surface area contributed by atoms with E-state index in [0.717, 1.165) is 24.9 Å². The molecular weight excluding hydrogens is 266 g/mol. The number of anilines is 2. The molecule has 21 heavy (non-hydrogen) atoms. The first-order valence-electron chi connectivity index (χ1n) is 7.53. The molecule has 0 aromatic carbocycles. The molecule has 0 unspecified atom stereocenters. The van der Waals surface area contributed by atoms with E-state index < -0.39 is 0 Å². The van der Waals surface area contributed by atoms with Crippen molar-refractivity contribution < 1.29 is 0 Å². The van der Waals surface area contributed by atoms with Crippen molar-refractivity contribution in [2.45, 2.75) is 25.7 Å². The number of nitrogen functional groups attached to an aromatic ring is 1. The van der Waals surface area contributed by atoms with E-state index in [2.05, 4.69) is 24.8 Å². The van der Waals surface area contributed by atoms with Crippen molar-refractivity contribution in [2.24, 2.45) is 11.8 Å². The minimum atomic E-state index is 0.264. The Labute approximate surface area is 123 Å². The molecule has 0 spiro atoms. The van der Waals surface area contributed by atoms with Crippen molar-refractivity contribution in [2.75, 3.05) is 23.7 Å². The van der Waals surface area contributed by atoms with Gasteiger partial charge in [-0.3, -0.25) is 4.57 Å². The third kappa shape index (κ3) is 2.96. The summed E-state index contributed by atoms with van der Waals surface area (Å²) in [5.74, 6) is 3.08. The molecule has 2 aromatic heterocycles. The molecule has 0 saturated heterocycles. The lowest BCUT2D eigenvalue weighted by Crippen LogP contribution is -2.30. The van der Waals surface area contributed by atoms with Crippen LogP contribution in [-0.4, -0.2) is 37.6 Å². The van der Waals surface area contributed by atoms with Crippen molar-refractivity contribution >= 4 is 11.9 Å². The van der Waals surface area contributed by atoms with Gasteiger partial charge in [-0.15, -0.1) is 0 Å². The fourth-order valence-corrected chi connectivity index (χ4v) is 2.47. The smallest absolute Gasteiger partial charge is 0.241 e. The monoisotopic (exact) mass is 285 g/mol. The molecule has 2 saturated carbocycles. The van der Waals surface area contributed by atoms with Crippen LogP contribution in [0.2, 0.25) is 0 Å². The molecule has 4 rings (SSSR count). The highest BCUT2D eigenvalue weighted by Gasteiger charge is 2.30. The predicted molar refractivity (Wildman–Crippen MR) is 79.0 cm³/mol. The molecular formula is C14H19N7. The molecule has 0 amide bonds. The van der Waals surface area contributed by atoms with Gasteiger partial charge in [-0.1, -0.05) is 0 Å². The minimum Gasteiger partial charge on any atom is -0.368 e. The summed E-state index contributed by atoms with van der Waals surface area (Å²) in [4.78, 5) is 19.5. The van der Waals surface area contributed by atoms with E-state index in [1.165, 1.54) is 25.7 Å². The van der Waals surface area contributed by atoms with Crippen molar-refractivity contribution in [1.82, 2.24) is 24.5 Å². The van der Waals surface area contributed by atoms with Crippen molar-refractivity contribution in [3.63, 3.8) is 0 Å². The summed E-state index contributed by atoms with van der Waals surface area (Å²) in [7, 11) is 0. The molecule has 2 aliphatic carbocycles. The number of imidazole rings is 1. The zero-order chi connectivity index (χ0) is 14.2. The van der Waals surface area contributed by atoms with E-state index in [1.807, 2.05) is 6.20 Å². The Kier molecular flexibility index (Phi) is 2.98. The van der Waals surface area contributed by atoms with Gasteiger partial charge >= 0.3 is 0 Å². The van der Waals surface area contributed by atoms with Crippen LogP contribution in [0.3, 0.4) is 0 Å². The van der Waals surface area contributed by atoms with E-state index in [9.17, 15) is 0 Å². The zero-order valence-electron chi connectivity index (χ0n) is 11.9. The van der Waals surface area contributed by atoms with Crippen LogP contribution in [0.4, 0.5) is 11.9 Å². The van der Waals surface area contributed by atoms with Gasteiger partial charge in [0.1, 0.15) is 6.33 Å². The lowest BCUT2D eigenvalue weighted by molar-refractivity contribution is 0.658. The van der Waals surface area contributed by atoms with Gasteiger partial charge in [0, 0.05) is 25.5 Å². The first kappa shape index (κ1) is 12.6. The Hall–Kier alpha value is -2.18. The van der Waals surface area contributed by atoms with Crippen LogP contribution < -0.4 is 10.6 Å². The minimum absolute atomic E-state index is 0.264.